The van der Waals surface area contributed by atoms with Crippen molar-refractivity contribution in [3.63, 3.8) is 0 Å². The average molecular weight is 327 g/mol. The molecule has 1 aromatic carbocycles. The van der Waals surface area contributed by atoms with Gasteiger partial charge in [0.2, 0.25) is 6.79 Å². The summed E-state index contributed by atoms with van der Waals surface area (Å²) in [5.41, 5.74) is 8.44. The molecule has 0 bridgehead atoms. The molecule has 1 aliphatic rings. The van der Waals surface area contributed by atoms with Gasteiger partial charge in [-0.25, -0.2) is 4.98 Å². The van der Waals surface area contributed by atoms with Crippen LogP contribution in [0.3, 0.4) is 0 Å². The molecular formula is C18H21N3O3. The molecule has 1 aliphatic heterocycles. The number of unbranched alkanes of at least 4 members (excludes halogenated alkanes) is 1. The van der Waals surface area contributed by atoms with Crippen molar-refractivity contribution in [2.75, 3.05) is 19.1 Å². The molecular weight excluding hydrogens is 306 g/mol. The summed E-state index contributed by atoms with van der Waals surface area (Å²) < 4.78 is 10.5. The second-order valence-electron chi connectivity index (χ2n) is 5.84. The van der Waals surface area contributed by atoms with Gasteiger partial charge < -0.3 is 20.5 Å². The van der Waals surface area contributed by atoms with Gasteiger partial charge in [0, 0.05) is 17.8 Å². The van der Waals surface area contributed by atoms with Crippen molar-refractivity contribution in [2.24, 2.45) is 0 Å². The van der Waals surface area contributed by atoms with E-state index in [4.69, 9.17) is 15.2 Å². The van der Waals surface area contributed by atoms with Gasteiger partial charge in [-0.1, -0.05) is 0 Å². The highest BCUT2D eigenvalue weighted by molar-refractivity contribution is 5.94. The van der Waals surface area contributed by atoms with Crippen LogP contribution in [0.5, 0.6) is 11.5 Å². The van der Waals surface area contributed by atoms with Gasteiger partial charge in [0.15, 0.2) is 11.5 Å². The molecule has 0 fully saturated rings. The molecule has 0 aliphatic carbocycles. The van der Waals surface area contributed by atoms with Crippen LogP contribution in [-0.2, 0) is 6.42 Å². The first-order chi connectivity index (χ1) is 11.6. The topological polar surface area (TPSA) is 86.5 Å². The van der Waals surface area contributed by atoms with E-state index in [1.807, 2.05) is 19.1 Å². The third-order valence-electron chi connectivity index (χ3n) is 3.82. The largest absolute Gasteiger partial charge is 0.454 e. The number of carbonyl (C=O) groups excluding carboxylic acids is 1. The Morgan fingerprint density at radius 3 is 2.88 bits per heavy atom. The zero-order valence-corrected chi connectivity index (χ0v) is 13.7. The monoisotopic (exact) mass is 327 g/mol. The second-order valence-corrected chi connectivity index (χ2v) is 5.84. The predicted octanol–water partition coefficient (Wildman–Crippen LogP) is 2.45. The number of nitrogens with zero attached hydrogens (tertiary/aromatic N) is 1. The van der Waals surface area contributed by atoms with E-state index in [-0.39, 0.29) is 12.7 Å². The van der Waals surface area contributed by atoms with Crippen molar-refractivity contribution in [1.82, 2.24) is 10.3 Å². The molecule has 3 N–H and O–H groups in total. The lowest BCUT2D eigenvalue weighted by atomic mass is 10.1. The number of amides is 1. The first-order valence-corrected chi connectivity index (χ1v) is 8.03. The van der Waals surface area contributed by atoms with Crippen LogP contribution in [0.25, 0.3) is 0 Å². The van der Waals surface area contributed by atoms with Crippen LogP contribution < -0.4 is 20.5 Å². The Labute approximate surface area is 141 Å². The second kappa shape index (κ2) is 7.21. The number of hydrogen-bond donors (Lipinski definition) is 2. The lowest BCUT2D eigenvalue weighted by Crippen LogP contribution is -2.24. The fraction of sp³-hybridized carbons (Fsp3) is 0.333. The number of ether oxygens (including phenoxy) is 2. The molecule has 1 amide bonds. The van der Waals surface area contributed by atoms with Gasteiger partial charge in [-0.3, -0.25) is 4.79 Å². The summed E-state index contributed by atoms with van der Waals surface area (Å²) in [6.45, 7) is 2.83. The summed E-state index contributed by atoms with van der Waals surface area (Å²) in [6, 6.07) is 9.10. The van der Waals surface area contributed by atoms with E-state index in [9.17, 15) is 4.79 Å². The molecule has 0 unspecified atom stereocenters. The first-order valence-electron chi connectivity index (χ1n) is 8.03. The SMILES string of the molecule is Cc1cc(N)nc(CCCCNC(=O)c2ccc3c(c2)OCO3)c1. The molecule has 2 aromatic rings. The Balaban J connectivity index is 1.42. The van der Waals surface area contributed by atoms with Crippen LogP contribution in [0.15, 0.2) is 30.3 Å². The third-order valence-corrected chi connectivity index (χ3v) is 3.82. The maximum Gasteiger partial charge on any atom is 0.251 e. The Kier molecular flexibility index (Phi) is 4.84. The Morgan fingerprint density at radius 2 is 2.04 bits per heavy atom. The number of pyridine rings is 1. The number of anilines is 1. The molecule has 126 valence electrons. The van der Waals surface area contributed by atoms with Crippen molar-refractivity contribution in [2.45, 2.75) is 26.2 Å². The van der Waals surface area contributed by atoms with E-state index >= 15 is 0 Å². The van der Waals surface area contributed by atoms with Gasteiger partial charge in [-0.15, -0.1) is 0 Å². The number of nitrogens with one attached hydrogen (secondary N) is 1. The molecule has 3 rings (SSSR count). The maximum atomic E-state index is 12.1. The zero-order valence-electron chi connectivity index (χ0n) is 13.7. The van der Waals surface area contributed by atoms with Crippen LogP contribution in [0.1, 0.15) is 34.5 Å². The average Bonchev–Trinajstić information content (AvgIpc) is 3.01. The number of carbonyl (C=O) groups is 1. The summed E-state index contributed by atoms with van der Waals surface area (Å²) in [6.07, 6.45) is 2.68. The smallest absolute Gasteiger partial charge is 0.251 e. The number of nitrogen functional groups attached to an aromatic ring is 1. The van der Waals surface area contributed by atoms with Gasteiger partial charge in [-0.2, -0.15) is 0 Å². The van der Waals surface area contributed by atoms with Crippen molar-refractivity contribution in [3.8, 4) is 11.5 Å². The van der Waals surface area contributed by atoms with Gasteiger partial charge in [0.1, 0.15) is 5.82 Å². The van der Waals surface area contributed by atoms with Crippen molar-refractivity contribution >= 4 is 11.7 Å². The number of aromatic nitrogens is 1. The number of benzene rings is 1. The van der Waals surface area contributed by atoms with Gasteiger partial charge in [0.05, 0.1) is 0 Å². The lowest BCUT2D eigenvalue weighted by Gasteiger charge is -2.07. The van der Waals surface area contributed by atoms with Gasteiger partial charge in [0.25, 0.3) is 5.91 Å². The van der Waals surface area contributed by atoms with E-state index in [0.717, 1.165) is 30.5 Å². The quantitative estimate of drug-likeness (QED) is 0.796. The Morgan fingerprint density at radius 1 is 1.21 bits per heavy atom. The molecule has 0 saturated heterocycles. The molecule has 6 nitrogen and oxygen atoms in total. The minimum Gasteiger partial charge on any atom is -0.454 e. The number of aryl methyl sites for hydroxylation is 2. The van der Waals surface area contributed by atoms with E-state index in [0.29, 0.717) is 29.4 Å². The molecule has 0 atom stereocenters. The molecule has 24 heavy (non-hydrogen) atoms. The predicted molar refractivity (Wildman–Crippen MR) is 91.2 cm³/mol. The van der Waals surface area contributed by atoms with Gasteiger partial charge in [-0.05, 0) is 62.1 Å². The molecule has 0 radical (unpaired) electrons. The highest BCUT2D eigenvalue weighted by Crippen LogP contribution is 2.32. The summed E-state index contributed by atoms with van der Waals surface area (Å²) in [4.78, 5) is 16.4. The molecule has 0 spiro atoms. The first kappa shape index (κ1) is 16.1. The number of fused-ring (bicyclic) bond motifs is 1. The summed E-state index contributed by atoms with van der Waals surface area (Å²) in [5.74, 6) is 1.74. The third kappa shape index (κ3) is 3.95. The van der Waals surface area contributed by atoms with Crippen LogP contribution in [0.4, 0.5) is 5.82 Å². The van der Waals surface area contributed by atoms with Crippen molar-refractivity contribution in [1.29, 1.82) is 0 Å². The normalized spacial score (nSPS) is 12.2. The van der Waals surface area contributed by atoms with Gasteiger partial charge >= 0.3 is 0 Å². The fourth-order valence-electron chi connectivity index (χ4n) is 2.67. The highest BCUT2D eigenvalue weighted by atomic mass is 16.7. The number of hydrogen-bond acceptors (Lipinski definition) is 5. The fourth-order valence-corrected chi connectivity index (χ4v) is 2.67. The van der Waals surface area contributed by atoms with Crippen molar-refractivity contribution in [3.05, 3.63) is 47.2 Å². The minimum atomic E-state index is -0.105. The van der Waals surface area contributed by atoms with E-state index in [1.165, 1.54) is 0 Å². The molecule has 0 saturated carbocycles. The van der Waals surface area contributed by atoms with Crippen LogP contribution in [0.2, 0.25) is 0 Å². The summed E-state index contributed by atoms with van der Waals surface area (Å²) in [7, 11) is 0. The number of rotatable bonds is 6. The molecule has 1 aromatic heterocycles. The lowest BCUT2D eigenvalue weighted by molar-refractivity contribution is 0.0952. The van der Waals surface area contributed by atoms with E-state index < -0.39 is 0 Å². The minimum absolute atomic E-state index is 0.105. The Hall–Kier alpha value is -2.76. The van der Waals surface area contributed by atoms with E-state index in [2.05, 4.69) is 10.3 Å². The maximum absolute atomic E-state index is 12.1. The molecule has 6 heteroatoms. The van der Waals surface area contributed by atoms with Crippen LogP contribution >= 0.6 is 0 Å². The number of nitrogens with two attached hydrogens (primary N) is 1. The van der Waals surface area contributed by atoms with Crippen molar-refractivity contribution < 1.29 is 14.3 Å². The standard InChI is InChI=1S/C18H21N3O3/c1-12-8-14(21-17(19)9-12)4-2-3-7-20-18(22)13-5-6-15-16(10-13)24-11-23-15/h5-6,8-10H,2-4,7,11H2,1H3,(H2,19,21)(H,20,22). The molecule has 2 heterocycles. The van der Waals surface area contributed by atoms with Crippen LogP contribution in [-0.4, -0.2) is 24.2 Å². The Bertz CT molecular complexity index is 726. The van der Waals surface area contributed by atoms with E-state index in [1.54, 1.807) is 18.2 Å². The zero-order chi connectivity index (χ0) is 16.9. The summed E-state index contributed by atoms with van der Waals surface area (Å²) in [5, 5.41) is 2.92. The summed E-state index contributed by atoms with van der Waals surface area (Å²) >= 11 is 0. The highest BCUT2D eigenvalue weighted by Gasteiger charge is 2.15. The van der Waals surface area contributed by atoms with Crippen LogP contribution in [0, 0.1) is 6.92 Å².